The van der Waals surface area contributed by atoms with Gasteiger partial charge in [-0.25, -0.2) is 4.79 Å². The number of hydrogen-bond acceptors (Lipinski definition) is 2. The van der Waals surface area contributed by atoms with Gasteiger partial charge < -0.3 is 14.7 Å². The van der Waals surface area contributed by atoms with Gasteiger partial charge in [0.25, 0.3) is 0 Å². The van der Waals surface area contributed by atoms with Gasteiger partial charge in [-0.2, -0.15) is 0 Å². The molecule has 2 aliphatic rings. The standard InChI is InChI=1S/C18H23N3O2/c1-3-17(22)19-9-8-16(13-19)21-11-10-20(18(21)23)12-15-7-5-4-6-14(15)2/h3-7,16H,1,8-13H2,2H3. The fourth-order valence-electron chi connectivity index (χ4n) is 3.41. The summed E-state index contributed by atoms with van der Waals surface area (Å²) in [6.07, 6.45) is 2.20. The number of urea groups is 1. The molecule has 2 saturated heterocycles. The molecule has 1 unspecified atom stereocenters. The van der Waals surface area contributed by atoms with Gasteiger partial charge in [0.1, 0.15) is 0 Å². The van der Waals surface area contributed by atoms with Crippen molar-refractivity contribution in [2.75, 3.05) is 26.2 Å². The molecule has 0 aromatic heterocycles. The second-order valence-electron chi connectivity index (χ2n) is 6.25. The minimum Gasteiger partial charge on any atom is -0.337 e. The van der Waals surface area contributed by atoms with Crippen LogP contribution < -0.4 is 0 Å². The van der Waals surface area contributed by atoms with E-state index < -0.39 is 0 Å². The summed E-state index contributed by atoms with van der Waals surface area (Å²) in [6.45, 7) is 9.08. The molecule has 5 nitrogen and oxygen atoms in total. The molecule has 0 bridgehead atoms. The Labute approximate surface area is 137 Å². The van der Waals surface area contributed by atoms with Gasteiger partial charge in [0.05, 0.1) is 6.04 Å². The van der Waals surface area contributed by atoms with E-state index in [1.165, 1.54) is 17.2 Å². The highest BCUT2D eigenvalue weighted by Gasteiger charge is 2.37. The normalized spacial score (nSPS) is 21.2. The number of carbonyl (C=O) groups excluding carboxylic acids is 2. The van der Waals surface area contributed by atoms with Gasteiger partial charge in [0, 0.05) is 32.7 Å². The molecule has 1 aromatic carbocycles. The van der Waals surface area contributed by atoms with Gasteiger partial charge in [-0.1, -0.05) is 30.8 Å². The maximum Gasteiger partial charge on any atom is 0.320 e. The van der Waals surface area contributed by atoms with Crippen LogP contribution in [0.15, 0.2) is 36.9 Å². The van der Waals surface area contributed by atoms with Crippen LogP contribution in [0.25, 0.3) is 0 Å². The third-order valence-corrected chi connectivity index (χ3v) is 4.84. The summed E-state index contributed by atoms with van der Waals surface area (Å²) in [5.41, 5.74) is 2.40. The average molecular weight is 313 g/mol. The van der Waals surface area contributed by atoms with E-state index in [4.69, 9.17) is 0 Å². The number of aryl methyl sites for hydroxylation is 1. The zero-order valence-corrected chi connectivity index (χ0v) is 13.6. The fraction of sp³-hybridized carbons (Fsp3) is 0.444. The lowest BCUT2D eigenvalue weighted by Gasteiger charge is -2.25. The SMILES string of the molecule is C=CC(=O)N1CCC(N2CCN(Cc3ccccc3C)C2=O)C1. The largest absolute Gasteiger partial charge is 0.337 e. The number of rotatable bonds is 4. The van der Waals surface area contributed by atoms with E-state index in [1.54, 1.807) is 4.90 Å². The lowest BCUT2D eigenvalue weighted by atomic mass is 10.1. The summed E-state index contributed by atoms with van der Waals surface area (Å²) >= 11 is 0. The molecule has 3 rings (SSSR count). The lowest BCUT2D eigenvalue weighted by Crippen LogP contribution is -2.41. The van der Waals surface area contributed by atoms with E-state index in [-0.39, 0.29) is 18.0 Å². The number of benzene rings is 1. The molecule has 0 spiro atoms. The van der Waals surface area contributed by atoms with Crippen LogP contribution in [0, 0.1) is 6.92 Å². The van der Waals surface area contributed by atoms with Gasteiger partial charge in [0.2, 0.25) is 5.91 Å². The molecule has 0 aliphatic carbocycles. The summed E-state index contributed by atoms with van der Waals surface area (Å²) in [6, 6.07) is 8.39. The molecule has 1 atom stereocenters. The number of nitrogens with zero attached hydrogens (tertiary/aromatic N) is 3. The van der Waals surface area contributed by atoms with Gasteiger partial charge in [-0.05, 0) is 30.5 Å². The average Bonchev–Trinajstić information content (AvgIpc) is 3.16. The number of hydrogen-bond donors (Lipinski definition) is 0. The molecule has 122 valence electrons. The van der Waals surface area contributed by atoms with E-state index >= 15 is 0 Å². The van der Waals surface area contributed by atoms with E-state index in [2.05, 4.69) is 25.6 Å². The molecule has 2 aliphatic heterocycles. The molecule has 2 heterocycles. The Morgan fingerprint density at radius 2 is 2.09 bits per heavy atom. The number of amides is 3. The zero-order chi connectivity index (χ0) is 16.4. The maximum absolute atomic E-state index is 12.7. The quantitative estimate of drug-likeness (QED) is 0.798. The van der Waals surface area contributed by atoms with E-state index in [0.717, 1.165) is 19.5 Å². The summed E-state index contributed by atoms with van der Waals surface area (Å²) in [7, 11) is 0. The summed E-state index contributed by atoms with van der Waals surface area (Å²) in [5, 5.41) is 0. The van der Waals surface area contributed by atoms with Gasteiger partial charge >= 0.3 is 6.03 Å². The Morgan fingerprint density at radius 3 is 2.83 bits per heavy atom. The molecule has 2 fully saturated rings. The predicted octanol–water partition coefficient (Wildman–Crippen LogP) is 2.02. The first-order valence-corrected chi connectivity index (χ1v) is 8.11. The van der Waals surface area contributed by atoms with Crippen molar-refractivity contribution in [3.05, 3.63) is 48.0 Å². The van der Waals surface area contributed by atoms with Crippen LogP contribution in [-0.4, -0.2) is 58.9 Å². The van der Waals surface area contributed by atoms with Crippen LogP contribution in [0.3, 0.4) is 0 Å². The molecule has 3 amide bonds. The molecule has 1 aromatic rings. The first kappa shape index (κ1) is 15.6. The fourth-order valence-corrected chi connectivity index (χ4v) is 3.41. The smallest absolute Gasteiger partial charge is 0.320 e. The Bertz CT molecular complexity index is 628. The zero-order valence-electron chi connectivity index (χ0n) is 13.6. The van der Waals surface area contributed by atoms with Gasteiger partial charge in [-0.3, -0.25) is 4.79 Å². The highest BCUT2D eigenvalue weighted by molar-refractivity contribution is 5.87. The van der Waals surface area contributed by atoms with E-state index in [1.807, 2.05) is 21.9 Å². The van der Waals surface area contributed by atoms with Gasteiger partial charge in [-0.15, -0.1) is 0 Å². The first-order valence-electron chi connectivity index (χ1n) is 8.11. The lowest BCUT2D eigenvalue weighted by molar-refractivity contribution is -0.125. The third kappa shape index (κ3) is 3.09. The Morgan fingerprint density at radius 1 is 1.30 bits per heavy atom. The van der Waals surface area contributed by atoms with E-state index in [0.29, 0.717) is 19.6 Å². The van der Waals surface area contributed by atoms with E-state index in [9.17, 15) is 9.59 Å². The van der Waals surface area contributed by atoms with Crippen molar-refractivity contribution >= 4 is 11.9 Å². The van der Waals surface area contributed by atoms with Crippen LogP contribution in [0.5, 0.6) is 0 Å². The predicted molar refractivity (Wildman–Crippen MR) is 88.9 cm³/mol. The maximum atomic E-state index is 12.7. The Hall–Kier alpha value is -2.30. The Kier molecular flexibility index (Phi) is 4.37. The summed E-state index contributed by atoms with van der Waals surface area (Å²) in [4.78, 5) is 30.0. The van der Waals surface area contributed by atoms with Crippen LogP contribution in [0.4, 0.5) is 4.79 Å². The highest BCUT2D eigenvalue weighted by Crippen LogP contribution is 2.22. The van der Waals surface area contributed by atoms with Crippen LogP contribution in [-0.2, 0) is 11.3 Å². The van der Waals surface area contributed by atoms with Crippen molar-refractivity contribution < 1.29 is 9.59 Å². The monoisotopic (exact) mass is 313 g/mol. The summed E-state index contributed by atoms with van der Waals surface area (Å²) < 4.78 is 0. The minimum absolute atomic E-state index is 0.0455. The second-order valence-corrected chi connectivity index (χ2v) is 6.25. The molecule has 0 saturated carbocycles. The van der Waals surface area contributed by atoms with Crippen molar-refractivity contribution in [1.82, 2.24) is 14.7 Å². The molecular formula is C18H23N3O2. The van der Waals surface area contributed by atoms with Crippen LogP contribution in [0.1, 0.15) is 17.5 Å². The van der Waals surface area contributed by atoms with Gasteiger partial charge in [0.15, 0.2) is 0 Å². The topological polar surface area (TPSA) is 43.9 Å². The molecule has 23 heavy (non-hydrogen) atoms. The molecule has 0 radical (unpaired) electrons. The van der Waals surface area contributed by atoms with Crippen molar-refractivity contribution in [3.63, 3.8) is 0 Å². The first-order chi connectivity index (χ1) is 11.1. The minimum atomic E-state index is -0.0455. The van der Waals surface area contributed by atoms with Crippen LogP contribution >= 0.6 is 0 Å². The Balaban J connectivity index is 1.62. The number of carbonyl (C=O) groups is 2. The van der Waals surface area contributed by atoms with Crippen molar-refractivity contribution in [2.24, 2.45) is 0 Å². The second kappa shape index (κ2) is 6.44. The van der Waals surface area contributed by atoms with Crippen molar-refractivity contribution in [3.8, 4) is 0 Å². The van der Waals surface area contributed by atoms with Crippen molar-refractivity contribution in [2.45, 2.75) is 25.9 Å². The third-order valence-electron chi connectivity index (χ3n) is 4.84. The van der Waals surface area contributed by atoms with Crippen LogP contribution in [0.2, 0.25) is 0 Å². The highest BCUT2D eigenvalue weighted by atomic mass is 16.2. The van der Waals surface area contributed by atoms with Crippen molar-refractivity contribution in [1.29, 1.82) is 0 Å². The summed E-state index contributed by atoms with van der Waals surface area (Å²) in [5.74, 6) is -0.0455. The molecular weight excluding hydrogens is 290 g/mol. The number of likely N-dealkylation sites (tertiary alicyclic amines) is 1. The molecule has 0 N–H and O–H groups in total. The molecule has 5 heteroatoms.